The molecule has 1 saturated heterocycles. The summed E-state index contributed by atoms with van der Waals surface area (Å²) in [5.74, 6) is 0. The summed E-state index contributed by atoms with van der Waals surface area (Å²) in [5, 5.41) is 0. The summed E-state index contributed by atoms with van der Waals surface area (Å²) in [6.45, 7) is 12.9. The molecule has 0 N–H and O–H groups in total. The Bertz CT molecular complexity index is 381. The standard InChI is InChI=1S/C16H25NO/c1-12-10-18-11-13(2)17(12)15-8-6-14(7-9-15)16(3,4)5/h6-9,12-13H,10-11H2,1-5H3. The van der Waals surface area contributed by atoms with E-state index in [0.717, 1.165) is 13.2 Å². The second-order valence-electron chi connectivity index (χ2n) is 6.44. The van der Waals surface area contributed by atoms with Crippen LogP contribution >= 0.6 is 0 Å². The molecule has 2 unspecified atom stereocenters. The summed E-state index contributed by atoms with van der Waals surface area (Å²) in [4.78, 5) is 2.47. The number of ether oxygens (including phenoxy) is 1. The predicted molar refractivity (Wildman–Crippen MR) is 77.4 cm³/mol. The largest absolute Gasteiger partial charge is 0.377 e. The summed E-state index contributed by atoms with van der Waals surface area (Å²) in [5.41, 5.74) is 2.92. The van der Waals surface area contributed by atoms with Crippen LogP contribution in [0.25, 0.3) is 0 Å². The van der Waals surface area contributed by atoms with Crippen LogP contribution in [0.3, 0.4) is 0 Å². The van der Waals surface area contributed by atoms with Crippen LogP contribution in [0.2, 0.25) is 0 Å². The summed E-state index contributed by atoms with van der Waals surface area (Å²) in [7, 11) is 0. The third-order valence-electron chi connectivity index (χ3n) is 3.70. The molecule has 0 spiro atoms. The third kappa shape index (κ3) is 2.69. The highest BCUT2D eigenvalue weighted by Gasteiger charge is 2.25. The van der Waals surface area contributed by atoms with Crippen molar-refractivity contribution in [2.75, 3.05) is 18.1 Å². The lowest BCUT2D eigenvalue weighted by molar-refractivity contribution is 0.0757. The molecule has 1 aromatic carbocycles. The number of morpholine rings is 1. The molecule has 2 rings (SSSR count). The van der Waals surface area contributed by atoms with Crippen molar-refractivity contribution in [2.24, 2.45) is 0 Å². The van der Waals surface area contributed by atoms with Crippen LogP contribution in [-0.2, 0) is 10.2 Å². The van der Waals surface area contributed by atoms with Gasteiger partial charge in [-0.15, -0.1) is 0 Å². The van der Waals surface area contributed by atoms with Gasteiger partial charge in [-0.3, -0.25) is 0 Å². The molecule has 0 radical (unpaired) electrons. The van der Waals surface area contributed by atoms with Gasteiger partial charge in [0.05, 0.1) is 13.2 Å². The zero-order chi connectivity index (χ0) is 13.3. The molecular formula is C16H25NO. The van der Waals surface area contributed by atoms with E-state index in [1.807, 2.05) is 0 Å². The smallest absolute Gasteiger partial charge is 0.0668 e. The van der Waals surface area contributed by atoms with Crippen LogP contribution in [0.15, 0.2) is 24.3 Å². The topological polar surface area (TPSA) is 12.5 Å². The van der Waals surface area contributed by atoms with Gasteiger partial charge in [-0.25, -0.2) is 0 Å². The van der Waals surface area contributed by atoms with Crippen molar-refractivity contribution < 1.29 is 4.74 Å². The van der Waals surface area contributed by atoms with E-state index >= 15 is 0 Å². The number of hydrogen-bond donors (Lipinski definition) is 0. The van der Waals surface area contributed by atoms with Crippen LogP contribution < -0.4 is 4.90 Å². The number of nitrogens with zero attached hydrogens (tertiary/aromatic N) is 1. The van der Waals surface area contributed by atoms with E-state index in [9.17, 15) is 0 Å². The predicted octanol–water partition coefficient (Wildman–Crippen LogP) is 3.60. The van der Waals surface area contributed by atoms with Gasteiger partial charge in [-0.2, -0.15) is 0 Å². The molecule has 1 fully saturated rings. The molecule has 0 saturated carbocycles. The average molecular weight is 247 g/mol. The van der Waals surface area contributed by atoms with Gasteiger partial charge in [0.2, 0.25) is 0 Å². The van der Waals surface area contributed by atoms with Gasteiger partial charge in [-0.1, -0.05) is 32.9 Å². The Labute approximate surface area is 111 Å². The number of rotatable bonds is 1. The van der Waals surface area contributed by atoms with Crippen LogP contribution in [-0.4, -0.2) is 25.3 Å². The van der Waals surface area contributed by atoms with Gasteiger partial charge in [0, 0.05) is 17.8 Å². The lowest BCUT2D eigenvalue weighted by atomic mass is 9.87. The summed E-state index contributed by atoms with van der Waals surface area (Å²) < 4.78 is 5.58. The fraction of sp³-hybridized carbons (Fsp3) is 0.625. The Morgan fingerprint density at radius 1 is 1.00 bits per heavy atom. The minimum absolute atomic E-state index is 0.223. The minimum atomic E-state index is 0.223. The molecule has 1 aromatic rings. The Balaban J connectivity index is 2.23. The van der Waals surface area contributed by atoms with Crippen molar-refractivity contribution in [1.82, 2.24) is 0 Å². The maximum Gasteiger partial charge on any atom is 0.0668 e. The monoisotopic (exact) mass is 247 g/mol. The third-order valence-corrected chi connectivity index (χ3v) is 3.70. The van der Waals surface area contributed by atoms with E-state index in [2.05, 4.69) is 63.8 Å². The van der Waals surface area contributed by atoms with Crippen molar-refractivity contribution in [3.63, 3.8) is 0 Å². The molecular weight excluding hydrogens is 222 g/mol. The van der Waals surface area contributed by atoms with Gasteiger partial charge >= 0.3 is 0 Å². The van der Waals surface area contributed by atoms with Gasteiger partial charge in [-0.05, 0) is 37.0 Å². The first-order chi connectivity index (χ1) is 8.39. The van der Waals surface area contributed by atoms with E-state index in [0.29, 0.717) is 12.1 Å². The first-order valence-corrected chi connectivity index (χ1v) is 6.86. The molecule has 0 aromatic heterocycles. The van der Waals surface area contributed by atoms with Crippen LogP contribution in [0.1, 0.15) is 40.2 Å². The van der Waals surface area contributed by atoms with Crippen molar-refractivity contribution in [1.29, 1.82) is 0 Å². The molecule has 2 heteroatoms. The highest BCUT2D eigenvalue weighted by Crippen LogP contribution is 2.28. The number of anilines is 1. The fourth-order valence-electron chi connectivity index (χ4n) is 2.65. The van der Waals surface area contributed by atoms with Gasteiger partial charge < -0.3 is 9.64 Å². The summed E-state index contributed by atoms with van der Waals surface area (Å²) in [6, 6.07) is 9.91. The highest BCUT2D eigenvalue weighted by molar-refractivity contribution is 5.50. The molecule has 1 aliphatic heterocycles. The van der Waals surface area contributed by atoms with Gasteiger partial charge in [0.1, 0.15) is 0 Å². The van der Waals surface area contributed by atoms with Crippen LogP contribution in [0.4, 0.5) is 5.69 Å². The number of benzene rings is 1. The molecule has 2 atom stereocenters. The zero-order valence-corrected chi connectivity index (χ0v) is 12.2. The van der Waals surface area contributed by atoms with Gasteiger partial charge in [0.25, 0.3) is 0 Å². The van der Waals surface area contributed by atoms with E-state index in [1.54, 1.807) is 0 Å². The first-order valence-electron chi connectivity index (χ1n) is 6.86. The number of hydrogen-bond acceptors (Lipinski definition) is 2. The van der Waals surface area contributed by atoms with E-state index in [-0.39, 0.29) is 5.41 Å². The highest BCUT2D eigenvalue weighted by atomic mass is 16.5. The Morgan fingerprint density at radius 2 is 1.50 bits per heavy atom. The second kappa shape index (κ2) is 4.93. The van der Waals surface area contributed by atoms with E-state index in [4.69, 9.17) is 4.74 Å². The Hall–Kier alpha value is -1.02. The molecule has 2 nitrogen and oxygen atoms in total. The maximum atomic E-state index is 5.58. The van der Waals surface area contributed by atoms with Crippen molar-refractivity contribution in [3.05, 3.63) is 29.8 Å². The molecule has 100 valence electrons. The molecule has 18 heavy (non-hydrogen) atoms. The Kier molecular flexibility index (Phi) is 3.67. The maximum absolute atomic E-state index is 5.58. The van der Waals surface area contributed by atoms with Crippen molar-refractivity contribution in [3.8, 4) is 0 Å². The minimum Gasteiger partial charge on any atom is -0.377 e. The van der Waals surface area contributed by atoms with Gasteiger partial charge in [0.15, 0.2) is 0 Å². The normalized spacial score (nSPS) is 25.3. The van der Waals surface area contributed by atoms with Crippen molar-refractivity contribution >= 4 is 5.69 Å². The Morgan fingerprint density at radius 3 is 1.94 bits per heavy atom. The van der Waals surface area contributed by atoms with Crippen molar-refractivity contribution in [2.45, 2.75) is 52.1 Å². The average Bonchev–Trinajstić information content (AvgIpc) is 2.28. The lowest BCUT2D eigenvalue weighted by Gasteiger charge is -2.40. The first kappa shape index (κ1) is 13.4. The lowest BCUT2D eigenvalue weighted by Crippen LogP contribution is -2.49. The molecule has 1 heterocycles. The zero-order valence-electron chi connectivity index (χ0n) is 12.2. The molecule has 0 amide bonds. The SMILES string of the molecule is CC1COCC(C)N1c1ccc(C(C)(C)C)cc1. The molecule has 1 aliphatic rings. The van der Waals surface area contributed by atoms with E-state index in [1.165, 1.54) is 11.3 Å². The van der Waals surface area contributed by atoms with E-state index < -0.39 is 0 Å². The summed E-state index contributed by atoms with van der Waals surface area (Å²) in [6.07, 6.45) is 0. The second-order valence-corrected chi connectivity index (χ2v) is 6.44. The summed E-state index contributed by atoms with van der Waals surface area (Å²) >= 11 is 0. The van der Waals surface area contributed by atoms with Crippen LogP contribution in [0.5, 0.6) is 0 Å². The quantitative estimate of drug-likeness (QED) is 0.752. The molecule has 0 aliphatic carbocycles. The fourth-order valence-corrected chi connectivity index (χ4v) is 2.65. The molecule has 0 bridgehead atoms. The van der Waals surface area contributed by atoms with Crippen LogP contribution in [0, 0.1) is 0 Å².